The minimum atomic E-state index is 0.673. The predicted octanol–water partition coefficient (Wildman–Crippen LogP) is 1.51. The minimum Gasteiger partial charge on any atom is -0.338 e. The lowest BCUT2D eigenvalue weighted by atomic mass is 10.1. The first-order valence-electron chi connectivity index (χ1n) is 5.34. The molecule has 1 aromatic rings. The molecule has 3 heteroatoms. The molecule has 0 amide bonds. The van der Waals surface area contributed by atoms with Crippen molar-refractivity contribution in [2.45, 2.75) is 33.1 Å². The Morgan fingerprint density at radius 2 is 2.21 bits per heavy atom. The average Bonchev–Trinajstić information content (AvgIpc) is 2.41. The van der Waals surface area contributed by atoms with Crippen molar-refractivity contribution >= 4 is 0 Å². The second-order valence-electron chi connectivity index (χ2n) is 4.25. The van der Waals surface area contributed by atoms with Crippen LogP contribution in [0.4, 0.5) is 0 Å². The van der Waals surface area contributed by atoms with Crippen molar-refractivity contribution in [2.75, 3.05) is 6.54 Å². The quantitative estimate of drug-likeness (QED) is 0.774. The molecule has 1 heterocycles. The largest absolute Gasteiger partial charge is 0.338 e. The second-order valence-corrected chi connectivity index (χ2v) is 4.25. The van der Waals surface area contributed by atoms with Crippen molar-refractivity contribution in [1.29, 1.82) is 0 Å². The highest BCUT2D eigenvalue weighted by Crippen LogP contribution is 2.08. The molecule has 0 saturated heterocycles. The van der Waals surface area contributed by atoms with Crippen LogP contribution in [-0.2, 0) is 19.9 Å². The fraction of sp³-hybridized carbons (Fsp3) is 0.727. The van der Waals surface area contributed by atoms with Crippen molar-refractivity contribution in [1.82, 2.24) is 9.55 Å². The van der Waals surface area contributed by atoms with Gasteiger partial charge in [0.05, 0.1) is 5.69 Å². The van der Waals surface area contributed by atoms with Crippen LogP contribution in [0.5, 0.6) is 0 Å². The van der Waals surface area contributed by atoms with Crippen LogP contribution in [0.15, 0.2) is 6.20 Å². The van der Waals surface area contributed by atoms with Gasteiger partial charge < -0.3 is 10.3 Å². The Bertz CT molecular complexity index is 276. The summed E-state index contributed by atoms with van der Waals surface area (Å²) in [6.07, 6.45) is 5.21. The lowest BCUT2D eigenvalue weighted by Gasteiger charge is -1.98. The van der Waals surface area contributed by atoms with Crippen LogP contribution in [0.2, 0.25) is 0 Å². The molecule has 1 rings (SSSR count). The highest BCUT2D eigenvalue weighted by molar-refractivity contribution is 5.04. The Kier molecular flexibility index (Phi) is 4.14. The summed E-state index contributed by atoms with van der Waals surface area (Å²) < 4.78 is 2.12. The standard InChI is InChI=1S/C11H21N3/c1-9(2)7-10-8-14(3)11(13-10)5-4-6-12/h8-9H,4-7,12H2,1-3H3. The van der Waals surface area contributed by atoms with Gasteiger partial charge in [0, 0.05) is 19.7 Å². The molecular weight excluding hydrogens is 174 g/mol. The second kappa shape index (κ2) is 5.15. The Morgan fingerprint density at radius 3 is 2.79 bits per heavy atom. The van der Waals surface area contributed by atoms with E-state index in [4.69, 9.17) is 5.73 Å². The van der Waals surface area contributed by atoms with Gasteiger partial charge in [-0.15, -0.1) is 0 Å². The topological polar surface area (TPSA) is 43.8 Å². The van der Waals surface area contributed by atoms with Gasteiger partial charge in [0.2, 0.25) is 0 Å². The summed E-state index contributed by atoms with van der Waals surface area (Å²) in [5.74, 6) is 1.83. The van der Waals surface area contributed by atoms with Crippen molar-refractivity contribution in [3.63, 3.8) is 0 Å². The fourth-order valence-corrected chi connectivity index (χ4v) is 1.58. The third-order valence-corrected chi connectivity index (χ3v) is 2.24. The third kappa shape index (κ3) is 3.14. The van der Waals surface area contributed by atoms with Crippen LogP contribution in [0, 0.1) is 5.92 Å². The van der Waals surface area contributed by atoms with Crippen LogP contribution >= 0.6 is 0 Å². The van der Waals surface area contributed by atoms with Gasteiger partial charge in [-0.3, -0.25) is 0 Å². The van der Waals surface area contributed by atoms with E-state index in [1.54, 1.807) is 0 Å². The van der Waals surface area contributed by atoms with E-state index in [1.807, 2.05) is 0 Å². The highest BCUT2D eigenvalue weighted by atomic mass is 15.0. The van der Waals surface area contributed by atoms with E-state index in [2.05, 4.69) is 36.6 Å². The van der Waals surface area contributed by atoms with Gasteiger partial charge in [-0.05, 0) is 25.3 Å². The smallest absolute Gasteiger partial charge is 0.108 e. The zero-order chi connectivity index (χ0) is 10.6. The predicted molar refractivity (Wildman–Crippen MR) is 59.1 cm³/mol. The molecular formula is C11H21N3. The first kappa shape index (κ1) is 11.2. The highest BCUT2D eigenvalue weighted by Gasteiger charge is 2.06. The zero-order valence-electron chi connectivity index (χ0n) is 9.45. The van der Waals surface area contributed by atoms with Gasteiger partial charge >= 0.3 is 0 Å². The lowest BCUT2D eigenvalue weighted by Crippen LogP contribution is -2.04. The van der Waals surface area contributed by atoms with E-state index < -0.39 is 0 Å². The molecule has 14 heavy (non-hydrogen) atoms. The first-order valence-corrected chi connectivity index (χ1v) is 5.34. The van der Waals surface area contributed by atoms with Gasteiger partial charge in [-0.2, -0.15) is 0 Å². The van der Waals surface area contributed by atoms with Gasteiger partial charge in [-0.1, -0.05) is 13.8 Å². The summed E-state index contributed by atoms with van der Waals surface area (Å²) in [6.45, 7) is 5.18. The van der Waals surface area contributed by atoms with Crippen LogP contribution in [-0.4, -0.2) is 16.1 Å². The molecule has 1 aromatic heterocycles. The van der Waals surface area contributed by atoms with E-state index in [9.17, 15) is 0 Å². The number of aromatic nitrogens is 2. The summed E-state index contributed by atoms with van der Waals surface area (Å²) in [7, 11) is 2.06. The molecule has 0 unspecified atom stereocenters. The van der Waals surface area contributed by atoms with E-state index in [0.717, 1.165) is 31.6 Å². The maximum absolute atomic E-state index is 5.48. The molecule has 0 aliphatic rings. The molecule has 0 atom stereocenters. The molecule has 2 N–H and O–H groups in total. The van der Waals surface area contributed by atoms with Crippen LogP contribution < -0.4 is 5.73 Å². The van der Waals surface area contributed by atoms with E-state index in [-0.39, 0.29) is 0 Å². The summed E-state index contributed by atoms with van der Waals surface area (Å²) in [5.41, 5.74) is 6.68. The Labute approximate surface area is 86.3 Å². The van der Waals surface area contributed by atoms with Gasteiger partial charge in [-0.25, -0.2) is 4.98 Å². The Balaban J connectivity index is 2.62. The average molecular weight is 195 g/mol. The van der Waals surface area contributed by atoms with E-state index >= 15 is 0 Å². The van der Waals surface area contributed by atoms with Crippen molar-refractivity contribution < 1.29 is 0 Å². The number of nitrogens with two attached hydrogens (primary N) is 1. The van der Waals surface area contributed by atoms with Crippen molar-refractivity contribution in [3.05, 3.63) is 17.7 Å². The molecule has 80 valence electrons. The van der Waals surface area contributed by atoms with Crippen LogP contribution in [0.1, 0.15) is 31.8 Å². The number of hydrogen-bond donors (Lipinski definition) is 1. The maximum atomic E-state index is 5.48. The summed E-state index contributed by atoms with van der Waals surface area (Å²) in [6, 6.07) is 0. The SMILES string of the molecule is CC(C)Cc1cn(C)c(CCCN)n1. The van der Waals surface area contributed by atoms with Gasteiger partial charge in [0.25, 0.3) is 0 Å². The van der Waals surface area contributed by atoms with Crippen LogP contribution in [0.3, 0.4) is 0 Å². The van der Waals surface area contributed by atoms with Crippen molar-refractivity contribution in [2.24, 2.45) is 18.7 Å². The van der Waals surface area contributed by atoms with Gasteiger partial charge in [0.1, 0.15) is 5.82 Å². The minimum absolute atomic E-state index is 0.673. The Hall–Kier alpha value is -0.830. The molecule has 0 saturated carbocycles. The maximum Gasteiger partial charge on any atom is 0.108 e. The number of hydrogen-bond acceptors (Lipinski definition) is 2. The molecule has 0 fully saturated rings. The van der Waals surface area contributed by atoms with Crippen LogP contribution in [0.25, 0.3) is 0 Å². The zero-order valence-corrected chi connectivity index (χ0v) is 9.45. The number of rotatable bonds is 5. The van der Waals surface area contributed by atoms with E-state index in [0.29, 0.717) is 5.92 Å². The number of aryl methyl sites for hydroxylation is 2. The normalized spacial score (nSPS) is 11.2. The molecule has 0 aliphatic carbocycles. The van der Waals surface area contributed by atoms with E-state index in [1.165, 1.54) is 5.69 Å². The molecule has 3 nitrogen and oxygen atoms in total. The summed E-state index contributed by atoms with van der Waals surface area (Å²) in [5, 5.41) is 0. The van der Waals surface area contributed by atoms with Crippen molar-refractivity contribution in [3.8, 4) is 0 Å². The summed E-state index contributed by atoms with van der Waals surface area (Å²) in [4.78, 5) is 4.59. The number of nitrogens with zero attached hydrogens (tertiary/aromatic N) is 2. The molecule has 0 spiro atoms. The molecule has 0 aliphatic heterocycles. The van der Waals surface area contributed by atoms with Gasteiger partial charge in [0.15, 0.2) is 0 Å². The first-order chi connectivity index (χ1) is 6.63. The third-order valence-electron chi connectivity index (χ3n) is 2.24. The molecule has 0 bridgehead atoms. The Morgan fingerprint density at radius 1 is 1.50 bits per heavy atom. The lowest BCUT2D eigenvalue weighted by molar-refractivity contribution is 0.636. The monoisotopic (exact) mass is 195 g/mol. The molecule has 0 radical (unpaired) electrons. The fourth-order valence-electron chi connectivity index (χ4n) is 1.58. The molecule has 0 aromatic carbocycles. The summed E-state index contributed by atoms with van der Waals surface area (Å²) >= 11 is 0. The number of imidazole rings is 1.